The van der Waals surface area contributed by atoms with Crippen molar-refractivity contribution in [1.29, 1.82) is 0 Å². The van der Waals surface area contributed by atoms with E-state index in [1.54, 1.807) is 0 Å². The lowest BCUT2D eigenvalue weighted by atomic mass is 10.4. The Kier molecular flexibility index (Phi) is 8.04. The smallest absolute Gasteiger partial charge is 0.129 e. The van der Waals surface area contributed by atoms with Gasteiger partial charge in [0.2, 0.25) is 0 Å². The number of hydrogen-bond donors (Lipinski definition) is 0. The lowest BCUT2D eigenvalue weighted by molar-refractivity contribution is 0.477. The molecule has 0 amide bonds. The zero-order valence-electron chi connectivity index (χ0n) is 7.24. The third kappa shape index (κ3) is 8.92. The molecule has 0 fully saturated rings. The number of ether oxygens (including phenoxy) is 1. The molecule has 1 nitrogen and oxygen atoms in total. The van der Waals surface area contributed by atoms with Crippen molar-refractivity contribution in [2.45, 2.75) is 39.5 Å². The number of hydrogen-bond acceptors (Lipinski definition) is 1. The van der Waals surface area contributed by atoms with Crippen molar-refractivity contribution in [2.24, 2.45) is 0 Å². The maximum absolute atomic E-state index is 4.72. The lowest BCUT2D eigenvalue weighted by Crippen LogP contribution is -1.69. The van der Waals surface area contributed by atoms with Gasteiger partial charge in [0, 0.05) is 12.8 Å². The molecule has 0 heterocycles. The molecule has 1 heteroatoms. The van der Waals surface area contributed by atoms with Crippen molar-refractivity contribution in [3.63, 3.8) is 0 Å². The minimum atomic E-state index is 0.884. The van der Waals surface area contributed by atoms with E-state index < -0.39 is 0 Å². The second-order valence-corrected chi connectivity index (χ2v) is 2.16. The molecule has 60 valence electrons. The molecule has 0 unspecified atom stereocenters. The van der Waals surface area contributed by atoms with Gasteiger partial charge in [-0.15, -0.1) is 0 Å². The molecular formula is C10H14O. The van der Waals surface area contributed by atoms with Crippen LogP contribution in [0.1, 0.15) is 39.5 Å². The molecule has 0 aliphatic heterocycles. The Hall–Kier alpha value is -1.08. The average molecular weight is 150 g/mol. The quantitative estimate of drug-likeness (QED) is 0.549. The zero-order valence-corrected chi connectivity index (χ0v) is 7.24. The van der Waals surface area contributed by atoms with Crippen LogP contribution in [0.4, 0.5) is 0 Å². The fourth-order valence-electron chi connectivity index (χ4n) is 0.450. The Bertz CT molecular complexity index is 162. The summed E-state index contributed by atoms with van der Waals surface area (Å²) in [5.41, 5.74) is 0. The molecule has 0 aliphatic carbocycles. The Morgan fingerprint density at radius 1 is 0.909 bits per heavy atom. The van der Waals surface area contributed by atoms with E-state index in [2.05, 4.69) is 37.9 Å². The summed E-state index contributed by atoms with van der Waals surface area (Å²) >= 11 is 0. The zero-order chi connectivity index (χ0) is 8.36. The van der Waals surface area contributed by atoms with Gasteiger partial charge < -0.3 is 4.74 Å². The van der Waals surface area contributed by atoms with Crippen LogP contribution in [0.15, 0.2) is 0 Å². The standard InChI is InChI=1S/C10H14O/c1-3-5-7-9-11-10-8-6-4-2/h3-6H2,1-2H3. The van der Waals surface area contributed by atoms with Gasteiger partial charge in [-0.3, -0.25) is 0 Å². The van der Waals surface area contributed by atoms with E-state index in [4.69, 9.17) is 4.74 Å². The van der Waals surface area contributed by atoms with Crippen LogP contribution in [-0.4, -0.2) is 0 Å². The maximum atomic E-state index is 4.72. The second kappa shape index (κ2) is 8.92. The van der Waals surface area contributed by atoms with Crippen LogP contribution >= 0.6 is 0 Å². The van der Waals surface area contributed by atoms with Gasteiger partial charge >= 0.3 is 0 Å². The molecule has 0 aromatic carbocycles. The summed E-state index contributed by atoms with van der Waals surface area (Å²) in [7, 11) is 0. The van der Waals surface area contributed by atoms with Crippen LogP contribution in [0.5, 0.6) is 0 Å². The monoisotopic (exact) mass is 150 g/mol. The molecule has 0 bridgehead atoms. The highest BCUT2D eigenvalue weighted by Crippen LogP contribution is 1.82. The van der Waals surface area contributed by atoms with Crippen molar-refractivity contribution < 1.29 is 4.74 Å². The highest BCUT2D eigenvalue weighted by atomic mass is 16.5. The summed E-state index contributed by atoms with van der Waals surface area (Å²) < 4.78 is 4.72. The number of rotatable bonds is 2. The third-order valence-electron chi connectivity index (χ3n) is 0.996. The first-order valence-electron chi connectivity index (χ1n) is 4.03. The molecule has 0 aliphatic rings. The molecule has 11 heavy (non-hydrogen) atoms. The van der Waals surface area contributed by atoms with Gasteiger partial charge in [-0.05, 0) is 12.8 Å². The van der Waals surface area contributed by atoms with Crippen LogP contribution in [0.25, 0.3) is 0 Å². The molecule has 0 spiro atoms. The van der Waals surface area contributed by atoms with Gasteiger partial charge in [0.05, 0.1) is 0 Å². The van der Waals surface area contributed by atoms with Crippen molar-refractivity contribution in [3.8, 4) is 24.1 Å². The van der Waals surface area contributed by atoms with E-state index >= 15 is 0 Å². The van der Waals surface area contributed by atoms with E-state index in [1.165, 1.54) is 0 Å². The first-order chi connectivity index (χ1) is 5.41. The molecule has 0 N–H and O–H groups in total. The van der Waals surface area contributed by atoms with Gasteiger partial charge in [-0.1, -0.05) is 25.7 Å². The fourth-order valence-corrected chi connectivity index (χ4v) is 0.450. The van der Waals surface area contributed by atoms with Crippen molar-refractivity contribution >= 4 is 0 Å². The maximum Gasteiger partial charge on any atom is 0.129 e. The predicted molar refractivity (Wildman–Crippen MR) is 46.5 cm³/mol. The molecule has 0 saturated heterocycles. The van der Waals surface area contributed by atoms with E-state index in [1.807, 2.05) is 0 Å². The molecule has 0 aromatic heterocycles. The van der Waals surface area contributed by atoms with E-state index in [-0.39, 0.29) is 0 Å². The SMILES string of the molecule is CCCC#COC#CCCC. The summed E-state index contributed by atoms with van der Waals surface area (Å²) in [6, 6.07) is 0. The highest BCUT2D eigenvalue weighted by molar-refractivity contribution is 4.98. The number of unbranched alkanes of at least 4 members (excludes halogenated alkanes) is 2. The average Bonchev–Trinajstić information content (AvgIpc) is 2.03. The summed E-state index contributed by atoms with van der Waals surface area (Å²) in [6.45, 7) is 4.16. The van der Waals surface area contributed by atoms with Crippen molar-refractivity contribution in [3.05, 3.63) is 0 Å². The fraction of sp³-hybridized carbons (Fsp3) is 0.600. The largest absolute Gasteiger partial charge is 0.357 e. The predicted octanol–water partition coefficient (Wildman–Crippen LogP) is 2.53. The van der Waals surface area contributed by atoms with E-state index in [0.29, 0.717) is 0 Å². The molecule has 0 saturated carbocycles. The second-order valence-electron chi connectivity index (χ2n) is 2.16. The first-order valence-corrected chi connectivity index (χ1v) is 4.03. The topological polar surface area (TPSA) is 9.23 Å². The minimum Gasteiger partial charge on any atom is -0.357 e. The van der Waals surface area contributed by atoms with Crippen LogP contribution in [-0.2, 0) is 4.74 Å². The first kappa shape index (κ1) is 9.92. The van der Waals surface area contributed by atoms with Gasteiger partial charge in [0.1, 0.15) is 12.2 Å². The Morgan fingerprint density at radius 2 is 1.36 bits per heavy atom. The summed E-state index contributed by atoms with van der Waals surface area (Å²) in [4.78, 5) is 0. The Balaban J connectivity index is 3.28. The van der Waals surface area contributed by atoms with Crippen LogP contribution in [0.2, 0.25) is 0 Å². The third-order valence-corrected chi connectivity index (χ3v) is 0.996. The van der Waals surface area contributed by atoms with Gasteiger partial charge in [-0.25, -0.2) is 0 Å². The van der Waals surface area contributed by atoms with Gasteiger partial charge in [0.25, 0.3) is 0 Å². The molecular weight excluding hydrogens is 136 g/mol. The van der Waals surface area contributed by atoms with Gasteiger partial charge in [0.15, 0.2) is 0 Å². The summed E-state index contributed by atoms with van der Waals surface area (Å²) in [5, 5.41) is 0. The van der Waals surface area contributed by atoms with E-state index in [0.717, 1.165) is 25.7 Å². The molecule has 0 atom stereocenters. The highest BCUT2D eigenvalue weighted by Gasteiger charge is 1.71. The molecule has 0 rings (SSSR count). The van der Waals surface area contributed by atoms with Crippen LogP contribution in [0.3, 0.4) is 0 Å². The van der Waals surface area contributed by atoms with Gasteiger partial charge in [-0.2, -0.15) is 0 Å². The molecule has 0 aromatic rings. The lowest BCUT2D eigenvalue weighted by Gasteiger charge is -1.78. The summed E-state index contributed by atoms with van der Waals surface area (Å²) in [6.07, 6.45) is 8.95. The Morgan fingerprint density at radius 3 is 1.73 bits per heavy atom. The Labute approximate surface area is 69.1 Å². The van der Waals surface area contributed by atoms with Crippen LogP contribution < -0.4 is 0 Å². The normalized spacial score (nSPS) is 7.09. The molecule has 0 radical (unpaired) electrons. The van der Waals surface area contributed by atoms with E-state index in [9.17, 15) is 0 Å². The summed E-state index contributed by atoms with van der Waals surface area (Å²) in [5.74, 6) is 5.67. The van der Waals surface area contributed by atoms with Crippen molar-refractivity contribution in [1.82, 2.24) is 0 Å². The minimum absolute atomic E-state index is 0.884. The van der Waals surface area contributed by atoms with Crippen LogP contribution in [0, 0.1) is 24.1 Å². The van der Waals surface area contributed by atoms with Crippen molar-refractivity contribution in [2.75, 3.05) is 0 Å².